The minimum atomic E-state index is 0.616. The molecule has 0 saturated heterocycles. The number of rotatable bonds is 7. The minimum Gasteiger partial charge on any atom is -0.497 e. The van der Waals surface area contributed by atoms with Crippen LogP contribution in [-0.2, 0) is 6.54 Å². The number of nitrogens with one attached hydrogen (secondary N) is 1. The Labute approximate surface area is 115 Å². The second-order valence-electron chi connectivity index (χ2n) is 5.22. The van der Waals surface area contributed by atoms with Crippen LogP contribution < -0.4 is 14.8 Å². The number of methoxy groups -OCH3 is 1. The lowest BCUT2D eigenvalue weighted by Crippen LogP contribution is -2.16. The molecule has 0 amide bonds. The van der Waals surface area contributed by atoms with Gasteiger partial charge in [-0.15, -0.1) is 0 Å². The Morgan fingerprint density at radius 2 is 2.16 bits per heavy atom. The highest BCUT2D eigenvalue weighted by atomic mass is 16.5. The molecule has 19 heavy (non-hydrogen) atoms. The molecule has 104 valence electrons. The van der Waals surface area contributed by atoms with Gasteiger partial charge in [0.05, 0.1) is 7.11 Å². The van der Waals surface area contributed by atoms with E-state index in [9.17, 15) is 0 Å². The van der Waals surface area contributed by atoms with E-state index in [2.05, 4.69) is 25.2 Å². The molecule has 0 atom stereocenters. The zero-order valence-corrected chi connectivity index (χ0v) is 12.0. The molecule has 0 aromatic heterocycles. The summed E-state index contributed by atoms with van der Waals surface area (Å²) in [5.74, 6) is 1.81. The monoisotopic (exact) mass is 261 g/mol. The Kier molecular flexibility index (Phi) is 4.86. The summed E-state index contributed by atoms with van der Waals surface area (Å²) >= 11 is 0. The van der Waals surface area contributed by atoms with E-state index < -0.39 is 0 Å². The maximum Gasteiger partial charge on any atom is 0.124 e. The zero-order valence-electron chi connectivity index (χ0n) is 12.0. The van der Waals surface area contributed by atoms with E-state index in [0.29, 0.717) is 12.6 Å². The molecule has 1 fully saturated rings. The lowest BCUT2D eigenvalue weighted by Gasteiger charge is -2.12. The van der Waals surface area contributed by atoms with Crippen molar-refractivity contribution in [3.05, 3.63) is 35.4 Å². The lowest BCUT2D eigenvalue weighted by molar-refractivity contribution is 0.354. The second-order valence-corrected chi connectivity index (χ2v) is 5.22. The Balaban J connectivity index is 2.03. The molecule has 0 aliphatic heterocycles. The third kappa shape index (κ3) is 4.60. The molecule has 0 radical (unpaired) electrons. The maximum absolute atomic E-state index is 5.83. The molecule has 0 bridgehead atoms. The van der Waals surface area contributed by atoms with Crippen molar-refractivity contribution < 1.29 is 9.47 Å². The van der Waals surface area contributed by atoms with E-state index in [1.165, 1.54) is 18.4 Å². The molecule has 0 heterocycles. The van der Waals surface area contributed by atoms with Crippen LogP contribution in [0.3, 0.4) is 0 Å². The van der Waals surface area contributed by atoms with E-state index in [1.54, 1.807) is 7.11 Å². The van der Waals surface area contributed by atoms with Crippen LogP contribution in [0, 0.1) is 0 Å². The number of hydrogen-bond donors (Lipinski definition) is 1. The predicted molar refractivity (Wildman–Crippen MR) is 77.8 cm³/mol. The van der Waals surface area contributed by atoms with Crippen LogP contribution in [0.5, 0.6) is 11.5 Å². The SMILES string of the molecule is COc1ccc(OCC=C(C)C)c(CNC2CC2)c1. The van der Waals surface area contributed by atoms with Gasteiger partial charge < -0.3 is 14.8 Å². The largest absolute Gasteiger partial charge is 0.497 e. The van der Waals surface area contributed by atoms with E-state index >= 15 is 0 Å². The van der Waals surface area contributed by atoms with Gasteiger partial charge in [0.25, 0.3) is 0 Å². The topological polar surface area (TPSA) is 30.5 Å². The molecule has 0 unspecified atom stereocenters. The fourth-order valence-electron chi connectivity index (χ4n) is 1.80. The number of allylic oxidation sites excluding steroid dienone is 1. The van der Waals surface area contributed by atoms with Gasteiger partial charge in [-0.3, -0.25) is 0 Å². The van der Waals surface area contributed by atoms with E-state index in [1.807, 2.05) is 18.2 Å². The Morgan fingerprint density at radius 3 is 2.79 bits per heavy atom. The third-order valence-corrected chi connectivity index (χ3v) is 3.16. The predicted octanol–water partition coefficient (Wildman–Crippen LogP) is 3.29. The summed E-state index contributed by atoms with van der Waals surface area (Å²) in [7, 11) is 1.69. The standard InChI is InChI=1S/C16H23NO2/c1-12(2)8-9-19-16-7-6-15(18-3)10-13(16)11-17-14-4-5-14/h6-8,10,14,17H,4-5,9,11H2,1-3H3. The van der Waals surface area contributed by atoms with Gasteiger partial charge in [-0.2, -0.15) is 0 Å². The molecule has 2 rings (SSSR count). The molecule has 1 N–H and O–H groups in total. The number of ether oxygens (including phenoxy) is 2. The van der Waals surface area contributed by atoms with Crippen LogP contribution >= 0.6 is 0 Å². The van der Waals surface area contributed by atoms with Gasteiger partial charge in [0, 0.05) is 18.2 Å². The summed E-state index contributed by atoms with van der Waals surface area (Å²) in [5, 5.41) is 3.51. The van der Waals surface area contributed by atoms with E-state index in [0.717, 1.165) is 23.6 Å². The first-order valence-electron chi connectivity index (χ1n) is 6.85. The molecule has 3 nitrogen and oxygen atoms in total. The molecule has 1 aromatic carbocycles. The highest BCUT2D eigenvalue weighted by Crippen LogP contribution is 2.26. The summed E-state index contributed by atoms with van der Waals surface area (Å²) < 4.78 is 11.1. The Hall–Kier alpha value is -1.48. The number of benzene rings is 1. The molecule has 1 aliphatic carbocycles. The smallest absolute Gasteiger partial charge is 0.124 e. The van der Waals surface area contributed by atoms with Crippen molar-refractivity contribution >= 4 is 0 Å². The minimum absolute atomic E-state index is 0.616. The van der Waals surface area contributed by atoms with Crippen LogP contribution in [-0.4, -0.2) is 19.8 Å². The fourth-order valence-corrected chi connectivity index (χ4v) is 1.80. The van der Waals surface area contributed by atoms with Crippen LogP contribution in [0.4, 0.5) is 0 Å². The molecule has 0 spiro atoms. The van der Waals surface area contributed by atoms with Crippen molar-refractivity contribution in [3.63, 3.8) is 0 Å². The van der Waals surface area contributed by atoms with Gasteiger partial charge in [-0.1, -0.05) is 5.57 Å². The maximum atomic E-state index is 5.83. The normalized spacial score (nSPS) is 14.1. The summed E-state index contributed by atoms with van der Waals surface area (Å²) in [5.41, 5.74) is 2.43. The van der Waals surface area contributed by atoms with Crippen LogP contribution in [0.2, 0.25) is 0 Å². The first kappa shape index (κ1) is 13.9. The Morgan fingerprint density at radius 1 is 1.37 bits per heavy atom. The highest BCUT2D eigenvalue weighted by molar-refractivity contribution is 5.40. The van der Waals surface area contributed by atoms with Gasteiger partial charge in [0.15, 0.2) is 0 Å². The quantitative estimate of drug-likeness (QED) is 0.764. The van der Waals surface area contributed by atoms with Gasteiger partial charge in [-0.25, -0.2) is 0 Å². The fraction of sp³-hybridized carbons (Fsp3) is 0.500. The molecule has 1 aromatic rings. The molecular weight excluding hydrogens is 238 g/mol. The highest BCUT2D eigenvalue weighted by Gasteiger charge is 2.20. The molecular formula is C16H23NO2. The van der Waals surface area contributed by atoms with Crippen molar-refractivity contribution in [3.8, 4) is 11.5 Å². The Bertz CT molecular complexity index is 446. The van der Waals surface area contributed by atoms with Crippen LogP contribution in [0.1, 0.15) is 32.3 Å². The second kappa shape index (κ2) is 6.62. The summed E-state index contributed by atoms with van der Waals surface area (Å²) in [4.78, 5) is 0. The summed E-state index contributed by atoms with van der Waals surface area (Å²) in [6, 6.07) is 6.67. The van der Waals surface area contributed by atoms with Crippen molar-refractivity contribution in [2.75, 3.05) is 13.7 Å². The van der Waals surface area contributed by atoms with Crippen molar-refractivity contribution in [1.29, 1.82) is 0 Å². The molecule has 3 heteroatoms. The van der Waals surface area contributed by atoms with Crippen LogP contribution in [0.15, 0.2) is 29.8 Å². The number of hydrogen-bond acceptors (Lipinski definition) is 3. The van der Waals surface area contributed by atoms with Gasteiger partial charge in [0.2, 0.25) is 0 Å². The van der Waals surface area contributed by atoms with Gasteiger partial charge in [0.1, 0.15) is 18.1 Å². The van der Waals surface area contributed by atoms with E-state index in [-0.39, 0.29) is 0 Å². The molecule has 1 aliphatic rings. The lowest BCUT2D eigenvalue weighted by atomic mass is 10.2. The zero-order chi connectivity index (χ0) is 13.7. The van der Waals surface area contributed by atoms with Gasteiger partial charge in [-0.05, 0) is 51.0 Å². The molecule has 1 saturated carbocycles. The van der Waals surface area contributed by atoms with Gasteiger partial charge >= 0.3 is 0 Å². The third-order valence-electron chi connectivity index (χ3n) is 3.16. The summed E-state index contributed by atoms with van der Waals surface area (Å²) in [6.45, 7) is 5.61. The summed E-state index contributed by atoms with van der Waals surface area (Å²) in [6.07, 6.45) is 4.66. The first-order valence-corrected chi connectivity index (χ1v) is 6.85. The average Bonchev–Trinajstić information content (AvgIpc) is 3.21. The van der Waals surface area contributed by atoms with E-state index in [4.69, 9.17) is 9.47 Å². The first-order chi connectivity index (χ1) is 9.19. The van der Waals surface area contributed by atoms with Crippen molar-refractivity contribution in [2.45, 2.75) is 39.3 Å². The average molecular weight is 261 g/mol. The van der Waals surface area contributed by atoms with Crippen molar-refractivity contribution in [2.24, 2.45) is 0 Å². The van der Waals surface area contributed by atoms with Crippen molar-refractivity contribution in [1.82, 2.24) is 5.32 Å². The van der Waals surface area contributed by atoms with Crippen LogP contribution in [0.25, 0.3) is 0 Å².